The summed E-state index contributed by atoms with van der Waals surface area (Å²) in [7, 11) is 0. The van der Waals surface area contributed by atoms with Crippen LogP contribution in [0.25, 0.3) is 11.1 Å². The molecule has 0 N–H and O–H groups in total. The third kappa shape index (κ3) is 4.81. The normalized spacial score (nSPS) is 21.6. The van der Waals surface area contributed by atoms with E-state index in [2.05, 4.69) is 48.0 Å². The van der Waals surface area contributed by atoms with Crippen LogP contribution in [0.3, 0.4) is 0 Å². The van der Waals surface area contributed by atoms with Crippen LogP contribution in [-0.2, 0) is 0 Å². The van der Waals surface area contributed by atoms with Gasteiger partial charge in [0.2, 0.25) is 0 Å². The average Bonchev–Trinajstić information content (AvgIpc) is 2.59. The molecular formula is C21H28N2O. The summed E-state index contributed by atoms with van der Waals surface area (Å²) in [4.78, 5) is 6.65. The molecule has 1 aliphatic heterocycles. The summed E-state index contributed by atoms with van der Waals surface area (Å²) >= 11 is 0. The molecule has 1 aliphatic rings. The zero-order chi connectivity index (χ0) is 16.8. The third-order valence-electron chi connectivity index (χ3n) is 4.70. The molecule has 1 aromatic carbocycles. The second-order valence-electron chi connectivity index (χ2n) is 7.17. The molecule has 1 aromatic heterocycles. The minimum atomic E-state index is 0.786. The first-order valence-corrected chi connectivity index (χ1v) is 9.06. The third-order valence-corrected chi connectivity index (χ3v) is 4.70. The van der Waals surface area contributed by atoms with Crippen molar-refractivity contribution in [2.45, 2.75) is 26.7 Å². The standard InChI is InChI=1S/C21H28N2O/c1-17-14-18(2)16-23(15-17)12-3-13-24-21-6-4-19(5-7-21)20-8-10-22-11-9-20/h4-11,17-18H,3,12-16H2,1-2H3/t17-,18-/m1/s1. The molecule has 24 heavy (non-hydrogen) atoms. The molecule has 0 amide bonds. The molecule has 2 heterocycles. The van der Waals surface area contributed by atoms with Gasteiger partial charge in [-0.15, -0.1) is 0 Å². The van der Waals surface area contributed by atoms with Crippen LogP contribution in [0.2, 0.25) is 0 Å². The lowest BCUT2D eigenvalue weighted by molar-refractivity contribution is 0.132. The topological polar surface area (TPSA) is 25.4 Å². The summed E-state index contributed by atoms with van der Waals surface area (Å²) in [6.07, 6.45) is 6.10. The van der Waals surface area contributed by atoms with Gasteiger partial charge < -0.3 is 9.64 Å². The fraction of sp³-hybridized carbons (Fsp3) is 0.476. The van der Waals surface area contributed by atoms with E-state index in [9.17, 15) is 0 Å². The van der Waals surface area contributed by atoms with E-state index < -0.39 is 0 Å². The number of hydrogen-bond donors (Lipinski definition) is 0. The number of ether oxygens (including phenoxy) is 1. The number of pyridine rings is 1. The van der Waals surface area contributed by atoms with Crippen molar-refractivity contribution >= 4 is 0 Å². The molecule has 0 radical (unpaired) electrons. The number of hydrogen-bond acceptors (Lipinski definition) is 3. The first-order valence-electron chi connectivity index (χ1n) is 9.06. The maximum atomic E-state index is 5.90. The highest BCUT2D eigenvalue weighted by Gasteiger charge is 2.20. The van der Waals surface area contributed by atoms with E-state index in [0.29, 0.717) is 0 Å². The zero-order valence-electron chi connectivity index (χ0n) is 14.8. The lowest BCUT2D eigenvalue weighted by Crippen LogP contribution is -2.39. The molecule has 3 heteroatoms. The van der Waals surface area contributed by atoms with Crippen LogP contribution < -0.4 is 4.74 Å². The van der Waals surface area contributed by atoms with Crippen molar-refractivity contribution in [3.63, 3.8) is 0 Å². The largest absolute Gasteiger partial charge is 0.494 e. The fourth-order valence-electron chi connectivity index (χ4n) is 3.74. The molecule has 1 fully saturated rings. The Labute approximate surface area is 145 Å². The Kier molecular flexibility index (Phi) is 5.86. The maximum Gasteiger partial charge on any atom is 0.119 e. The highest BCUT2D eigenvalue weighted by Crippen LogP contribution is 2.22. The van der Waals surface area contributed by atoms with Gasteiger partial charge >= 0.3 is 0 Å². The van der Waals surface area contributed by atoms with E-state index >= 15 is 0 Å². The molecule has 3 rings (SSSR count). The number of piperidine rings is 1. The minimum Gasteiger partial charge on any atom is -0.494 e. The maximum absolute atomic E-state index is 5.90. The van der Waals surface area contributed by atoms with E-state index in [1.54, 1.807) is 0 Å². The Morgan fingerprint density at radius 1 is 0.958 bits per heavy atom. The molecule has 3 nitrogen and oxygen atoms in total. The molecule has 1 saturated heterocycles. The first-order chi connectivity index (χ1) is 11.7. The Balaban J connectivity index is 1.42. The molecule has 0 aliphatic carbocycles. The number of likely N-dealkylation sites (tertiary alicyclic amines) is 1. The van der Waals surface area contributed by atoms with Crippen LogP contribution in [0.15, 0.2) is 48.8 Å². The molecule has 0 unspecified atom stereocenters. The fourth-order valence-corrected chi connectivity index (χ4v) is 3.74. The van der Waals surface area contributed by atoms with Crippen molar-refractivity contribution in [3.05, 3.63) is 48.8 Å². The van der Waals surface area contributed by atoms with Gasteiger partial charge in [-0.05, 0) is 60.1 Å². The molecule has 0 bridgehead atoms. The van der Waals surface area contributed by atoms with Gasteiger partial charge in [0, 0.05) is 32.0 Å². The lowest BCUT2D eigenvalue weighted by atomic mass is 9.92. The number of nitrogens with zero attached hydrogens (tertiary/aromatic N) is 2. The summed E-state index contributed by atoms with van der Waals surface area (Å²) in [6.45, 7) is 9.14. The van der Waals surface area contributed by atoms with Crippen LogP contribution in [-0.4, -0.2) is 36.1 Å². The lowest BCUT2D eigenvalue weighted by Gasteiger charge is -2.34. The Bertz CT molecular complexity index is 601. The SMILES string of the molecule is C[C@@H]1C[C@@H](C)CN(CCCOc2ccc(-c3ccncc3)cc2)C1. The van der Waals surface area contributed by atoms with E-state index in [0.717, 1.165) is 37.2 Å². The number of rotatable bonds is 6. The highest BCUT2D eigenvalue weighted by atomic mass is 16.5. The van der Waals surface area contributed by atoms with Gasteiger partial charge in [0.1, 0.15) is 5.75 Å². The zero-order valence-corrected chi connectivity index (χ0v) is 14.8. The second-order valence-corrected chi connectivity index (χ2v) is 7.17. The van der Waals surface area contributed by atoms with Gasteiger partial charge in [0.25, 0.3) is 0 Å². The van der Waals surface area contributed by atoms with E-state index in [4.69, 9.17) is 4.74 Å². The summed E-state index contributed by atoms with van der Waals surface area (Å²) in [5.74, 6) is 2.61. The summed E-state index contributed by atoms with van der Waals surface area (Å²) < 4.78 is 5.90. The van der Waals surface area contributed by atoms with E-state index in [1.807, 2.05) is 24.5 Å². The molecule has 0 spiro atoms. The van der Waals surface area contributed by atoms with E-state index in [1.165, 1.54) is 30.6 Å². The molecule has 2 atom stereocenters. The van der Waals surface area contributed by atoms with Crippen molar-refractivity contribution < 1.29 is 4.74 Å². The van der Waals surface area contributed by atoms with Gasteiger partial charge in [-0.2, -0.15) is 0 Å². The molecule has 2 aromatic rings. The first kappa shape index (κ1) is 17.0. The summed E-state index contributed by atoms with van der Waals surface area (Å²) in [5.41, 5.74) is 2.38. The monoisotopic (exact) mass is 324 g/mol. The second kappa shape index (κ2) is 8.29. The van der Waals surface area contributed by atoms with Crippen LogP contribution in [0.1, 0.15) is 26.7 Å². The Morgan fingerprint density at radius 2 is 1.58 bits per heavy atom. The molecule has 128 valence electrons. The van der Waals surface area contributed by atoms with E-state index in [-0.39, 0.29) is 0 Å². The van der Waals surface area contributed by atoms with Gasteiger partial charge in [-0.3, -0.25) is 4.98 Å². The minimum absolute atomic E-state index is 0.786. The quantitative estimate of drug-likeness (QED) is 0.732. The molecular weight excluding hydrogens is 296 g/mol. The van der Waals surface area contributed by atoms with Crippen molar-refractivity contribution in [2.24, 2.45) is 11.8 Å². The predicted octanol–water partition coefficient (Wildman–Crippen LogP) is 4.50. The van der Waals surface area contributed by atoms with Crippen LogP contribution in [0, 0.1) is 11.8 Å². The van der Waals surface area contributed by atoms with Gasteiger partial charge in [0.05, 0.1) is 6.61 Å². The van der Waals surface area contributed by atoms with Gasteiger partial charge in [-0.1, -0.05) is 26.0 Å². The van der Waals surface area contributed by atoms with Crippen LogP contribution in [0.5, 0.6) is 5.75 Å². The Hall–Kier alpha value is -1.87. The summed E-state index contributed by atoms with van der Waals surface area (Å²) in [6, 6.07) is 12.4. The average molecular weight is 324 g/mol. The number of aromatic nitrogens is 1. The van der Waals surface area contributed by atoms with Crippen LogP contribution >= 0.6 is 0 Å². The van der Waals surface area contributed by atoms with Crippen molar-refractivity contribution in [1.29, 1.82) is 0 Å². The molecule has 0 saturated carbocycles. The Morgan fingerprint density at radius 3 is 2.25 bits per heavy atom. The number of benzene rings is 1. The highest BCUT2D eigenvalue weighted by molar-refractivity contribution is 5.63. The van der Waals surface area contributed by atoms with Crippen molar-refractivity contribution in [2.75, 3.05) is 26.2 Å². The van der Waals surface area contributed by atoms with Gasteiger partial charge in [-0.25, -0.2) is 0 Å². The summed E-state index contributed by atoms with van der Waals surface area (Å²) in [5, 5.41) is 0. The van der Waals surface area contributed by atoms with Gasteiger partial charge in [0.15, 0.2) is 0 Å². The van der Waals surface area contributed by atoms with Crippen LogP contribution in [0.4, 0.5) is 0 Å². The predicted molar refractivity (Wildman–Crippen MR) is 99.2 cm³/mol. The smallest absolute Gasteiger partial charge is 0.119 e. The van der Waals surface area contributed by atoms with Crippen molar-refractivity contribution in [3.8, 4) is 16.9 Å². The van der Waals surface area contributed by atoms with Crippen molar-refractivity contribution in [1.82, 2.24) is 9.88 Å².